The number of hydrogen-bond acceptors (Lipinski definition) is 2. The first-order valence-electron chi connectivity index (χ1n) is 6.88. The number of carbonyl (C=O) groups is 1. The molecule has 1 N–H and O–H groups in total. The lowest BCUT2D eigenvalue weighted by Gasteiger charge is -2.37. The zero-order valence-electron chi connectivity index (χ0n) is 11.3. The maximum Gasteiger partial charge on any atom is 0.228 e. The molecule has 1 aliphatic carbocycles. The Morgan fingerprint density at radius 1 is 1.29 bits per heavy atom. The van der Waals surface area contributed by atoms with Crippen LogP contribution in [0.5, 0.6) is 0 Å². The van der Waals surface area contributed by atoms with Crippen LogP contribution < -0.4 is 0 Å². The Hall–Kier alpha value is -0.570. The molecule has 2 rings (SSSR count). The van der Waals surface area contributed by atoms with Crippen molar-refractivity contribution >= 4 is 5.91 Å². The average molecular weight is 239 g/mol. The SMILES string of the molecule is CC(C)(C)C(=O)N1[C@H](CO)C[C@@H]2CCCC[C@@H]21. The second kappa shape index (κ2) is 4.60. The zero-order chi connectivity index (χ0) is 12.6. The minimum Gasteiger partial charge on any atom is -0.394 e. The van der Waals surface area contributed by atoms with Gasteiger partial charge in [-0.25, -0.2) is 0 Å². The standard InChI is InChI=1S/C14H25NO2/c1-14(2,3)13(17)15-11(9-16)8-10-6-4-5-7-12(10)15/h10-12,16H,4-9H2,1-3H3/t10-,11-,12-/m0/s1. The van der Waals surface area contributed by atoms with E-state index in [1.807, 2.05) is 25.7 Å². The molecule has 0 aromatic carbocycles. The number of fused-ring (bicyclic) bond motifs is 1. The van der Waals surface area contributed by atoms with Gasteiger partial charge in [-0.2, -0.15) is 0 Å². The first kappa shape index (κ1) is 12.9. The van der Waals surface area contributed by atoms with E-state index in [0.717, 1.165) is 12.8 Å². The molecule has 1 amide bonds. The highest BCUT2D eigenvalue weighted by atomic mass is 16.3. The Labute approximate surface area is 104 Å². The van der Waals surface area contributed by atoms with Gasteiger partial charge in [-0.3, -0.25) is 4.79 Å². The number of amides is 1. The summed E-state index contributed by atoms with van der Waals surface area (Å²) >= 11 is 0. The maximum absolute atomic E-state index is 12.5. The quantitative estimate of drug-likeness (QED) is 0.762. The molecule has 0 unspecified atom stereocenters. The zero-order valence-corrected chi connectivity index (χ0v) is 11.3. The van der Waals surface area contributed by atoms with Crippen molar-refractivity contribution in [2.45, 2.75) is 65.0 Å². The van der Waals surface area contributed by atoms with Gasteiger partial charge in [0.25, 0.3) is 0 Å². The number of carbonyl (C=O) groups excluding carboxylic acids is 1. The number of hydrogen-bond donors (Lipinski definition) is 1. The van der Waals surface area contributed by atoms with E-state index in [9.17, 15) is 9.90 Å². The van der Waals surface area contributed by atoms with Gasteiger partial charge in [-0.1, -0.05) is 33.6 Å². The summed E-state index contributed by atoms with van der Waals surface area (Å²) in [7, 11) is 0. The summed E-state index contributed by atoms with van der Waals surface area (Å²) in [5.41, 5.74) is -0.334. The summed E-state index contributed by atoms with van der Waals surface area (Å²) in [6.07, 6.45) is 5.88. The number of nitrogens with zero attached hydrogens (tertiary/aromatic N) is 1. The lowest BCUT2D eigenvalue weighted by atomic mass is 9.84. The van der Waals surface area contributed by atoms with Crippen LogP contribution in [-0.2, 0) is 4.79 Å². The average Bonchev–Trinajstić information content (AvgIpc) is 2.64. The molecule has 0 radical (unpaired) electrons. The number of aliphatic hydroxyl groups excluding tert-OH is 1. The summed E-state index contributed by atoms with van der Waals surface area (Å²) in [6, 6.07) is 0.461. The van der Waals surface area contributed by atoms with E-state index in [4.69, 9.17) is 0 Å². The molecular weight excluding hydrogens is 214 g/mol. The number of likely N-dealkylation sites (tertiary alicyclic amines) is 1. The molecule has 1 saturated heterocycles. The van der Waals surface area contributed by atoms with Crippen molar-refractivity contribution in [2.24, 2.45) is 11.3 Å². The summed E-state index contributed by atoms with van der Waals surface area (Å²) in [4.78, 5) is 14.5. The maximum atomic E-state index is 12.5. The van der Waals surface area contributed by atoms with Gasteiger partial charge in [-0.15, -0.1) is 0 Å². The van der Waals surface area contributed by atoms with Gasteiger partial charge in [0, 0.05) is 11.5 Å². The van der Waals surface area contributed by atoms with Gasteiger partial charge < -0.3 is 10.0 Å². The van der Waals surface area contributed by atoms with Crippen molar-refractivity contribution < 1.29 is 9.90 Å². The van der Waals surface area contributed by atoms with Crippen molar-refractivity contribution in [3.63, 3.8) is 0 Å². The third-order valence-corrected chi connectivity index (χ3v) is 4.28. The Balaban J connectivity index is 2.20. The predicted octanol–water partition coefficient (Wildman–Crippen LogP) is 2.18. The molecule has 2 fully saturated rings. The third-order valence-electron chi connectivity index (χ3n) is 4.28. The molecule has 98 valence electrons. The highest BCUT2D eigenvalue weighted by Gasteiger charge is 2.46. The molecular formula is C14H25NO2. The summed E-state index contributed by atoms with van der Waals surface area (Å²) in [5, 5.41) is 9.50. The molecule has 0 spiro atoms. The van der Waals surface area contributed by atoms with E-state index in [1.165, 1.54) is 19.3 Å². The molecule has 0 bridgehead atoms. The summed E-state index contributed by atoms with van der Waals surface area (Å²) < 4.78 is 0. The second-order valence-electron chi connectivity index (χ2n) is 6.65. The van der Waals surface area contributed by atoms with Crippen LogP contribution in [-0.4, -0.2) is 34.6 Å². The predicted molar refractivity (Wildman–Crippen MR) is 67.5 cm³/mol. The molecule has 1 heterocycles. The summed E-state index contributed by atoms with van der Waals surface area (Å²) in [6.45, 7) is 6.04. The molecule has 2 aliphatic rings. The fourth-order valence-corrected chi connectivity index (χ4v) is 3.43. The Morgan fingerprint density at radius 2 is 1.94 bits per heavy atom. The van der Waals surface area contributed by atoms with Crippen LogP contribution in [0, 0.1) is 11.3 Å². The van der Waals surface area contributed by atoms with Crippen molar-refractivity contribution in [3.8, 4) is 0 Å². The first-order chi connectivity index (χ1) is 7.95. The number of aliphatic hydroxyl groups is 1. The van der Waals surface area contributed by atoms with Crippen LogP contribution >= 0.6 is 0 Å². The minimum atomic E-state index is -0.334. The molecule has 0 aromatic heterocycles. The van der Waals surface area contributed by atoms with Crippen LogP contribution in [0.3, 0.4) is 0 Å². The number of rotatable bonds is 1. The Morgan fingerprint density at radius 3 is 2.53 bits per heavy atom. The lowest BCUT2D eigenvalue weighted by Crippen LogP contribution is -2.49. The van der Waals surface area contributed by atoms with Crippen molar-refractivity contribution in [1.82, 2.24) is 4.90 Å². The van der Waals surface area contributed by atoms with E-state index >= 15 is 0 Å². The fourth-order valence-electron chi connectivity index (χ4n) is 3.43. The first-order valence-corrected chi connectivity index (χ1v) is 6.88. The second-order valence-corrected chi connectivity index (χ2v) is 6.65. The van der Waals surface area contributed by atoms with Crippen LogP contribution in [0.1, 0.15) is 52.9 Å². The molecule has 3 heteroatoms. The van der Waals surface area contributed by atoms with Crippen molar-refractivity contribution in [2.75, 3.05) is 6.61 Å². The smallest absolute Gasteiger partial charge is 0.228 e. The Kier molecular flexibility index (Phi) is 3.48. The fraction of sp³-hybridized carbons (Fsp3) is 0.929. The molecule has 1 aliphatic heterocycles. The molecule has 17 heavy (non-hydrogen) atoms. The van der Waals surface area contributed by atoms with Gasteiger partial charge in [0.05, 0.1) is 12.6 Å². The largest absolute Gasteiger partial charge is 0.394 e. The normalized spacial score (nSPS) is 33.6. The van der Waals surface area contributed by atoms with Gasteiger partial charge in [-0.05, 0) is 25.2 Å². The molecule has 3 nitrogen and oxygen atoms in total. The Bertz CT molecular complexity index is 295. The van der Waals surface area contributed by atoms with Crippen LogP contribution in [0.15, 0.2) is 0 Å². The van der Waals surface area contributed by atoms with Gasteiger partial charge in [0.15, 0.2) is 0 Å². The van der Waals surface area contributed by atoms with Crippen molar-refractivity contribution in [3.05, 3.63) is 0 Å². The van der Waals surface area contributed by atoms with E-state index in [2.05, 4.69) is 0 Å². The molecule has 1 saturated carbocycles. The van der Waals surface area contributed by atoms with Gasteiger partial charge >= 0.3 is 0 Å². The lowest BCUT2D eigenvalue weighted by molar-refractivity contribution is -0.144. The molecule has 3 atom stereocenters. The highest BCUT2D eigenvalue weighted by molar-refractivity contribution is 5.82. The van der Waals surface area contributed by atoms with E-state index < -0.39 is 0 Å². The van der Waals surface area contributed by atoms with Crippen LogP contribution in [0.25, 0.3) is 0 Å². The highest BCUT2D eigenvalue weighted by Crippen LogP contribution is 2.41. The van der Waals surface area contributed by atoms with E-state index in [-0.39, 0.29) is 24.0 Å². The van der Waals surface area contributed by atoms with Gasteiger partial charge in [0.1, 0.15) is 0 Å². The van der Waals surface area contributed by atoms with E-state index in [1.54, 1.807) is 0 Å². The summed E-state index contributed by atoms with van der Waals surface area (Å²) in [5.74, 6) is 0.846. The van der Waals surface area contributed by atoms with Gasteiger partial charge in [0.2, 0.25) is 5.91 Å². The van der Waals surface area contributed by atoms with E-state index in [0.29, 0.717) is 12.0 Å². The topological polar surface area (TPSA) is 40.5 Å². The van der Waals surface area contributed by atoms with Crippen LogP contribution in [0.4, 0.5) is 0 Å². The van der Waals surface area contributed by atoms with Crippen molar-refractivity contribution in [1.29, 1.82) is 0 Å². The molecule has 0 aromatic rings. The third kappa shape index (κ3) is 2.35. The monoisotopic (exact) mass is 239 g/mol. The minimum absolute atomic E-state index is 0.0647. The van der Waals surface area contributed by atoms with Crippen LogP contribution in [0.2, 0.25) is 0 Å².